The minimum Gasteiger partial charge on any atom is -0.313 e. The lowest BCUT2D eigenvalue weighted by atomic mass is 10.2. The van der Waals surface area contributed by atoms with Gasteiger partial charge in [-0.25, -0.2) is 8.42 Å². The molecule has 1 aliphatic rings. The first-order valence-corrected chi connectivity index (χ1v) is 9.58. The molecule has 0 heterocycles. The molecule has 1 aromatic rings. The van der Waals surface area contributed by atoms with Crippen LogP contribution in [0.4, 0.5) is 0 Å². The molecule has 1 fully saturated rings. The summed E-state index contributed by atoms with van der Waals surface area (Å²) >= 11 is 3.38. The summed E-state index contributed by atoms with van der Waals surface area (Å²) in [6.45, 7) is 5.55. The number of sulfonamides is 1. The van der Waals surface area contributed by atoms with E-state index in [1.54, 1.807) is 13.1 Å². The van der Waals surface area contributed by atoms with Crippen LogP contribution in [0.3, 0.4) is 0 Å². The number of hydrogen-bond donors (Lipinski definition) is 1. The molecule has 2 rings (SSSR count). The maximum absolute atomic E-state index is 12.8. The number of nitrogens with one attached hydrogen (secondary N) is 1. The molecule has 0 amide bonds. The first-order chi connectivity index (χ1) is 9.87. The second-order valence-electron chi connectivity index (χ2n) is 5.64. The summed E-state index contributed by atoms with van der Waals surface area (Å²) in [6.07, 6.45) is 2.26. The summed E-state index contributed by atoms with van der Waals surface area (Å²) in [6, 6.07) is 5.57. The van der Waals surface area contributed by atoms with E-state index in [4.69, 9.17) is 0 Å². The molecule has 6 heteroatoms. The summed E-state index contributed by atoms with van der Waals surface area (Å²) in [5, 5.41) is 3.22. The minimum atomic E-state index is -3.46. The Labute approximate surface area is 136 Å². The summed E-state index contributed by atoms with van der Waals surface area (Å²) in [4.78, 5) is 0.355. The van der Waals surface area contributed by atoms with Crippen molar-refractivity contribution in [2.45, 2.75) is 44.2 Å². The molecule has 4 nitrogen and oxygen atoms in total. The summed E-state index contributed by atoms with van der Waals surface area (Å²) in [5.41, 5.74) is 0.978. The predicted octanol–water partition coefficient (Wildman–Crippen LogP) is 2.98. The van der Waals surface area contributed by atoms with Gasteiger partial charge in [-0.15, -0.1) is 0 Å². The molecule has 0 aliphatic heterocycles. The van der Waals surface area contributed by atoms with Gasteiger partial charge in [-0.1, -0.05) is 13.0 Å². The van der Waals surface area contributed by atoms with Crippen molar-refractivity contribution in [2.75, 3.05) is 13.6 Å². The first kappa shape index (κ1) is 16.9. The highest BCUT2D eigenvalue weighted by molar-refractivity contribution is 9.10. The van der Waals surface area contributed by atoms with Crippen LogP contribution in [0.1, 0.15) is 32.3 Å². The van der Waals surface area contributed by atoms with E-state index in [0.717, 1.165) is 24.9 Å². The van der Waals surface area contributed by atoms with E-state index in [9.17, 15) is 8.42 Å². The molecule has 1 unspecified atom stereocenters. The van der Waals surface area contributed by atoms with Crippen molar-refractivity contribution in [3.8, 4) is 0 Å². The molecule has 0 aromatic heterocycles. The van der Waals surface area contributed by atoms with Gasteiger partial charge in [0.25, 0.3) is 0 Å². The quantitative estimate of drug-likeness (QED) is 0.797. The third-order valence-corrected chi connectivity index (χ3v) is 7.05. The van der Waals surface area contributed by atoms with E-state index < -0.39 is 10.0 Å². The average molecular weight is 375 g/mol. The van der Waals surface area contributed by atoms with Gasteiger partial charge in [0.15, 0.2) is 0 Å². The van der Waals surface area contributed by atoms with Crippen molar-refractivity contribution in [2.24, 2.45) is 5.92 Å². The Balaban J connectivity index is 2.29. The number of halogens is 1. The first-order valence-electron chi connectivity index (χ1n) is 7.35. The van der Waals surface area contributed by atoms with Gasteiger partial charge in [0.2, 0.25) is 10.0 Å². The maximum atomic E-state index is 12.8. The van der Waals surface area contributed by atoms with Crippen LogP contribution in [-0.4, -0.2) is 32.4 Å². The highest BCUT2D eigenvalue weighted by Crippen LogP contribution is 2.37. The Morgan fingerprint density at radius 1 is 1.43 bits per heavy atom. The number of nitrogens with zero attached hydrogens (tertiary/aromatic N) is 1. The molecule has 0 saturated heterocycles. The van der Waals surface area contributed by atoms with Gasteiger partial charge in [-0.3, -0.25) is 0 Å². The van der Waals surface area contributed by atoms with Crippen LogP contribution in [-0.2, 0) is 16.6 Å². The fourth-order valence-corrected chi connectivity index (χ4v) is 4.77. The van der Waals surface area contributed by atoms with Crippen LogP contribution in [0.25, 0.3) is 0 Å². The molecule has 1 saturated carbocycles. The van der Waals surface area contributed by atoms with Crippen molar-refractivity contribution in [1.29, 1.82) is 0 Å². The molecule has 0 radical (unpaired) electrons. The van der Waals surface area contributed by atoms with E-state index >= 15 is 0 Å². The number of hydrogen-bond acceptors (Lipinski definition) is 3. The smallest absolute Gasteiger partial charge is 0.244 e. The summed E-state index contributed by atoms with van der Waals surface area (Å²) in [5.74, 6) is 0.508. The van der Waals surface area contributed by atoms with Gasteiger partial charge in [-0.05, 0) is 65.9 Å². The third kappa shape index (κ3) is 3.86. The Morgan fingerprint density at radius 2 is 2.10 bits per heavy atom. The van der Waals surface area contributed by atoms with Crippen LogP contribution in [0.5, 0.6) is 0 Å². The Kier molecular flexibility index (Phi) is 5.46. The Morgan fingerprint density at radius 3 is 2.67 bits per heavy atom. The van der Waals surface area contributed by atoms with Crippen molar-refractivity contribution in [1.82, 2.24) is 9.62 Å². The monoisotopic (exact) mass is 374 g/mol. The summed E-state index contributed by atoms with van der Waals surface area (Å²) in [7, 11) is -1.78. The largest absolute Gasteiger partial charge is 0.313 e. The van der Waals surface area contributed by atoms with Crippen molar-refractivity contribution in [3.05, 3.63) is 28.2 Å². The van der Waals surface area contributed by atoms with Gasteiger partial charge in [0.1, 0.15) is 0 Å². The Bertz CT molecular complexity index is 600. The zero-order chi connectivity index (χ0) is 15.6. The van der Waals surface area contributed by atoms with Crippen molar-refractivity contribution >= 4 is 26.0 Å². The molecule has 0 bridgehead atoms. The van der Waals surface area contributed by atoms with E-state index in [0.29, 0.717) is 21.8 Å². The normalized spacial score (nSPS) is 17.2. The lowest BCUT2D eigenvalue weighted by Gasteiger charge is -2.25. The van der Waals surface area contributed by atoms with Crippen LogP contribution in [0.15, 0.2) is 27.6 Å². The molecule has 1 N–H and O–H groups in total. The van der Waals surface area contributed by atoms with E-state index in [1.165, 1.54) is 4.31 Å². The van der Waals surface area contributed by atoms with Gasteiger partial charge < -0.3 is 5.32 Å². The number of rotatable bonds is 7. The maximum Gasteiger partial charge on any atom is 0.244 e. The van der Waals surface area contributed by atoms with E-state index in [2.05, 4.69) is 21.2 Å². The van der Waals surface area contributed by atoms with Gasteiger partial charge in [0, 0.05) is 24.1 Å². The van der Waals surface area contributed by atoms with E-state index in [-0.39, 0.29) is 6.04 Å². The molecule has 118 valence electrons. The Hall–Kier alpha value is -0.430. The lowest BCUT2D eigenvalue weighted by Crippen LogP contribution is -2.36. The fourth-order valence-electron chi connectivity index (χ4n) is 2.37. The fraction of sp³-hybridized carbons (Fsp3) is 0.600. The zero-order valence-electron chi connectivity index (χ0n) is 12.8. The topological polar surface area (TPSA) is 49.4 Å². The number of benzene rings is 1. The molecule has 1 aromatic carbocycles. The lowest BCUT2D eigenvalue weighted by molar-refractivity contribution is 0.357. The molecular weight excluding hydrogens is 352 g/mol. The van der Waals surface area contributed by atoms with Crippen molar-refractivity contribution in [3.63, 3.8) is 0 Å². The van der Waals surface area contributed by atoms with Gasteiger partial charge >= 0.3 is 0 Å². The van der Waals surface area contributed by atoms with Crippen LogP contribution >= 0.6 is 15.9 Å². The minimum absolute atomic E-state index is 0.0549. The highest BCUT2D eigenvalue weighted by atomic mass is 79.9. The standard InChI is InChI=1S/C15H23BrN2O2S/c1-4-17-10-12-5-8-14(16)15(9-12)21(19,20)18(3)11(2)13-6-7-13/h5,8-9,11,13,17H,4,6-7,10H2,1-3H3. The SMILES string of the molecule is CCNCc1ccc(Br)c(S(=O)(=O)N(C)C(C)C2CC2)c1. The molecule has 1 atom stereocenters. The van der Waals surface area contributed by atoms with Gasteiger partial charge in [0.05, 0.1) is 4.90 Å². The zero-order valence-corrected chi connectivity index (χ0v) is 15.2. The third-order valence-electron chi connectivity index (χ3n) is 4.11. The second kappa shape index (κ2) is 6.77. The molecule has 21 heavy (non-hydrogen) atoms. The highest BCUT2D eigenvalue weighted by Gasteiger charge is 2.36. The predicted molar refractivity (Wildman–Crippen MR) is 88.7 cm³/mol. The van der Waals surface area contributed by atoms with E-state index in [1.807, 2.05) is 26.0 Å². The average Bonchev–Trinajstić information content (AvgIpc) is 3.29. The second-order valence-corrected chi connectivity index (χ2v) is 8.46. The van der Waals surface area contributed by atoms with Gasteiger partial charge in [-0.2, -0.15) is 4.31 Å². The summed E-state index contributed by atoms with van der Waals surface area (Å²) < 4.78 is 27.8. The molecule has 1 aliphatic carbocycles. The molecule has 0 spiro atoms. The van der Waals surface area contributed by atoms with Crippen LogP contribution < -0.4 is 5.32 Å². The van der Waals surface area contributed by atoms with Crippen LogP contribution in [0, 0.1) is 5.92 Å². The molecular formula is C15H23BrN2O2S. The van der Waals surface area contributed by atoms with Crippen LogP contribution in [0.2, 0.25) is 0 Å². The van der Waals surface area contributed by atoms with Crippen molar-refractivity contribution < 1.29 is 8.42 Å².